The van der Waals surface area contributed by atoms with E-state index in [2.05, 4.69) is 21.3 Å². The van der Waals surface area contributed by atoms with Crippen LogP contribution in [-0.2, 0) is 0 Å². The van der Waals surface area contributed by atoms with Gasteiger partial charge in [-0.2, -0.15) is 5.26 Å². The number of hydrogen-bond donors (Lipinski definition) is 1. The summed E-state index contributed by atoms with van der Waals surface area (Å²) >= 11 is 2.74. The van der Waals surface area contributed by atoms with Gasteiger partial charge in [-0.05, 0) is 26.0 Å². The van der Waals surface area contributed by atoms with Gasteiger partial charge in [0.15, 0.2) is 5.16 Å². The number of thiazole rings is 1. The number of hydrogen-bond acceptors (Lipinski definition) is 7. The summed E-state index contributed by atoms with van der Waals surface area (Å²) in [6.07, 6.45) is 1.66. The third kappa shape index (κ3) is 3.27. The molecule has 0 aliphatic heterocycles. The fourth-order valence-corrected chi connectivity index (χ4v) is 4.01. The number of para-hydroxylation sites is 1. The largest absolute Gasteiger partial charge is 0.510 e. The molecule has 122 valence electrons. The van der Waals surface area contributed by atoms with Crippen molar-refractivity contribution in [1.29, 1.82) is 5.26 Å². The van der Waals surface area contributed by atoms with Crippen LogP contribution < -0.4 is 0 Å². The molecule has 2 heterocycles. The van der Waals surface area contributed by atoms with Crippen LogP contribution in [0.1, 0.15) is 24.9 Å². The van der Waals surface area contributed by atoms with Gasteiger partial charge in [-0.3, -0.25) is 0 Å². The molecule has 0 aliphatic rings. The minimum atomic E-state index is -0.000128. The van der Waals surface area contributed by atoms with Gasteiger partial charge in [-0.25, -0.2) is 4.98 Å². The molecular weight excluding hydrogens is 342 g/mol. The predicted octanol–water partition coefficient (Wildman–Crippen LogP) is 4.05. The summed E-state index contributed by atoms with van der Waals surface area (Å²) in [5.74, 6) is 0.240. The van der Waals surface area contributed by atoms with Crippen molar-refractivity contribution in [2.24, 2.45) is 0 Å². The summed E-state index contributed by atoms with van der Waals surface area (Å²) in [6.45, 7) is 4.07. The zero-order valence-electron chi connectivity index (χ0n) is 13.2. The van der Waals surface area contributed by atoms with Crippen LogP contribution in [0.5, 0.6) is 0 Å². The van der Waals surface area contributed by atoms with E-state index in [4.69, 9.17) is 0 Å². The molecule has 8 heteroatoms. The molecule has 2 aromatic heterocycles. The monoisotopic (exact) mass is 357 g/mol. The van der Waals surface area contributed by atoms with Crippen LogP contribution in [0.3, 0.4) is 0 Å². The molecule has 1 N–H and O–H groups in total. The Kier molecular flexibility index (Phi) is 4.83. The maximum Gasteiger partial charge on any atom is 0.191 e. The lowest BCUT2D eigenvalue weighted by molar-refractivity contribution is 0.420. The van der Waals surface area contributed by atoms with E-state index in [1.165, 1.54) is 23.1 Å². The SMILES string of the molecule is CC(C)n1cnnc1SC/C(O)=C(\C#N)c1nc2ccccc2s1. The second-order valence-corrected chi connectivity index (χ2v) is 7.30. The van der Waals surface area contributed by atoms with Crippen LogP contribution in [-0.4, -0.2) is 30.6 Å². The van der Waals surface area contributed by atoms with E-state index in [-0.39, 0.29) is 23.1 Å². The molecule has 0 amide bonds. The molecule has 6 nitrogen and oxygen atoms in total. The van der Waals surface area contributed by atoms with E-state index < -0.39 is 0 Å². The molecule has 0 unspecified atom stereocenters. The molecule has 0 fully saturated rings. The lowest BCUT2D eigenvalue weighted by atomic mass is 10.2. The Morgan fingerprint density at radius 2 is 2.21 bits per heavy atom. The second kappa shape index (κ2) is 7.03. The number of benzene rings is 1. The van der Waals surface area contributed by atoms with Gasteiger partial charge in [0, 0.05) is 6.04 Å². The van der Waals surface area contributed by atoms with Crippen LogP contribution in [0.4, 0.5) is 0 Å². The number of thioether (sulfide) groups is 1. The van der Waals surface area contributed by atoms with Gasteiger partial charge in [0.05, 0.1) is 16.0 Å². The number of allylic oxidation sites excluding steroid dienone is 1. The molecule has 0 saturated heterocycles. The van der Waals surface area contributed by atoms with Crippen LogP contribution in [0.25, 0.3) is 15.8 Å². The Morgan fingerprint density at radius 3 is 2.92 bits per heavy atom. The summed E-state index contributed by atoms with van der Waals surface area (Å²) < 4.78 is 2.90. The third-order valence-electron chi connectivity index (χ3n) is 3.34. The first kappa shape index (κ1) is 16.5. The molecule has 1 aromatic carbocycles. The van der Waals surface area contributed by atoms with E-state index in [1.807, 2.05) is 42.7 Å². The highest BCUT2D eigenvalue weighted by molar-refractivity contribution is 7.99. The van der Waals surface area contributed by atoms with Crippen LogP contribution in [0.2, 0.25) is 0 Å². The van der Waals surface area contributed by atoms with Crippen molar-refractivity contribution in [2.45, 2.75) is 25.0 Å². The zero-order valence-corrected chi connectivity index (χ0v) is 14.8. The van der Waals surface area contributed by atoms with Gasteiger partial charge < -0.3 is 9.67 Å². The van der Waals surface area contributed by atoms with E-state index in [0.717, 1.165) is 10.2 Å². The minimum Gasteiger partial charge on any atom is -0.510 e. The highest BCUT2D eigenvalue weighted by Gasteiger charge is 2.15. The van der Waals surface area contributed by atoms with E-state index in [0.29, 0.717) is 10.2 Å². The molecule has 0 atom stereocenters. The number of aliphatic hydroxyl groups excluding tert-OH is 1. The molecule has 0 saturated carbocycles. The number of nitriles is 1. The first-order valence-electron chi connectivity index (χ1n) is 7.30. The summed E-state index contributed by atoms with van der Waals surface area (Å²) in [5, 5.41) is 29.0. The van der Waals surface area contributed by atoms with E-state index in [1.54, 1.807) is 6.33 Å². The Bertz CT molecular complexity index is 902. The van der Waals surface area contributed by atoms with Crippen LogP contribution >= 0.6 is 23.1 Å². The lowest BCUT2D eigenvalue weighted by Gasteiger charge is -2.09. The predicted molar refractivity (Wildman–Crippen MR) is 95.9 cm³/mol. The van der Waals surface area contributed by atoms with E-state index >= 15 is 0 Å². The molecule has 3 rings (SSSR count). The number of fused-ring (bicyclic) bond motifs is 1. The maximum absolute atomic E-state index is 10.4. The Labute approximate surface area is 147 Å². The molecule has 0 radical (unpaired) electrons. The van der Waals surface area contributed by atoms with Crippen molar-refractivity contribution >= 4 is 38.9 Å². The summed E-state index contributed by atoms with van der Waals surface area (Å²) in [6, 6.07) is 9.96. The zero-order chi connectivity index (χ0) is 17.1. The number of aliphatic hydroxyl groups is 1. The topological polar surface area (TPSA) is 87.6 Å². The van der Waals surface area contributed by atoms with Crippen molar-refractivity contribution < 1.29 is 5.11 Å². The lowest BCUT2D eigenvalue weighted by Crippen LogP contribution is -2.02. The minimum absolute atomic E-state index is 0.000128. The highest BCUT2D eigenvalue weighted by atomic mass is 32.2. The van der Waals surface area contributed by atoms with E-state index in [9.17, 15) is 10.4 Å². The van der Waals surface area contributed by atoms with Gasteiger partial charge in [-0.1, -0.05) is 23.9 Å². The second-order valence-electron chi connectivity index (χ2n) is 5.32. The maximum atomic E-state index is 10.4. The fraction of sp³-hybridized carbons (Fsp3) is 0.250. The van der Waals surface area contributed by atoms with Crippen molar-refractivity contribution in [3.63, 3.8) is 0 Å². The molecule has 24 heavy (non-hydrogen) atoms. The average molecular weight is 357 g/mol. The van der Waals surface area contributed by atoms with Gasteiger partial charge >= 0.3 is 0 Å². The fourth-order valence-electron chi connectivity index (χ4n) is 2.11. The van der Waals surface area contributed by atoms with Gasteiger partial charge in [0.25, 0.3) is 0 Å². The number of aromatic nitrogens is 4. The summed E-state index contributed by atoms with van der Waals surface area (Å²) in [5.41, 5.74) is 1.03. The third-order valence-corrected chi connectivity index (χ3v) is 5.37. The quantitative estimate of drug-likeness (QED) is 0.421. The van der Waals surface area contributed by atoms with Crippen LogP contribution in [0, 0.1) is 11.3 Å². The van der Waals surface area contributed by atoms with Crippen molar-refractivity contribution in [1.82, 2.24) is 19.7 Å². The first-order valence-corrected chi connectivity index (χ1v) is 9.10. The summed E-state index contributed by atoms with van der Waals surface area (Å²) in [7, 11) is 0. The van der Waals surface area contributed by atoms with Gasteiger partial charge in [-0.15, -0.1) is 21.5 Å². The normalized spacial score (nSPS) is 12.4. The van der Waals surface area contributed by atoms with Gasteiger partial charge in [0.1, 0.15) is 28.7 Å². The smallest absolute Gasteiger partial charge is 0.191 e. The molecule has 0 aliphatic carbocycles. The molecule has 0 spiro atoms. The van der Waals surface area contributed by atoms with Crippen molar-refractivity contribution in [2.75, 3.05) is 5.75 Å². The van der Waals surface area contributed by atoms with Crippen molar-refractivity contribution in [3.05, 3.63) is 41.4 Å². The van der Waals surface area contributed by atoms with Gasteiger partial charge in [0.2, 0.25) is 0 Å². The standard InChI is InChI=1S/C16H15N5OS2/c1-10(2)21-9-18-20-16(21)23-8-13(22)11(7-17)15-19-12-5-3-4-6-14(12)24-15/h3-6,9-10,22H,8H2,1-2H3/b13-11-. The molecular formula is C16H15N5OS2. The number of nitrogens with zero attached hydrogens (tertiary/aromatic N) is 5. The first-order chi connectivity index (χ1) is 11.6. The molecule has 0 bridgehead atoms. The summed E-state index contributed by atoms with van der Waals surface area (Å²) in [4.78, 5) is 4.43. The Balaban J connectivity index is 1.85. The Morgan fingerprint density at radius 1 is 1.42 bits per heavy atom. The Hall–Kier alpha value is -2.37. The van der Waals surface area contributed by atoms with Crippen LogP contribution in [0.15, 0.2) is 41.5 Å². The van der Waals surface area contributed by atoms with Crippen molar-refractivity contribution in [3.8, 4) is 6.07 Å². The average Bonchev–Trinajstić information content (AvgIpc) is 3.20. The highest BCUT2D eigenvalue weighted by Crippen LogP contribution is 2.30. The molecule has 3 aromatic rings. The number of rotatable bonds is 5.